The van der Waals surface area contributed by atoms with Gasteiger partial charge in [0.1, 0.15) is 0 Å². The van der Waals surface area contributed by atoms with Gasteiger partial charge in [0.2, 0.25) is 5.89 Å². The number of hydrogen-bond donors (Lipinski definition) is 1. The number of nitrogens with zero attached hydrogens (tertiary/aromatic N) is 3. The van der Waals surface area contributed by atoms with Crippen molar-refractivity contribution in [3.8, 4) is 0 Å². The number of thioether (sulfide) groups is 1. The molecule has 1 unspecified atom stereocenters. The summed E-state index contributed by atoms with van der Waals surface area (Å²) in [7, 11) is 0. The summed E-state index contributed by atoms with van der Waals surface area (Å²) in [5.41, 5.74) is 0.683. The lowest BCUT2D eigenvalue weighted by molar-refractivity contribution is 0.0316. The van der Waals surface area contributed by atoms with Crippen LogP contribution in [0, 0.1) is 6.92 Å². The molecule has 0 fully saturated rings. The van der Waals surface area contributed by atoms with Gasteiger partial charge >= 0.3 is 5.97 Å². The topological polar surface area (TPSA) is 111 Å². The minimum atomic E-state index is -0.730. The summed E-state index contributed by atoms with van der Waals surface area (Å²) < 4.78 is 10.7. The molecule has 9 heteroatoms. The summed E-state index contributed by atoms with van der Waals surface area (Å²) in [6, 6.07) is 14.1. The monoisotopic (exact) mass is 422 g/mol. The number of ether oxygens (including phenoxy) is 1. The van der Waals surface area contributed by atoms with Crippen molar-refractivity contribution in [2.24, 2.45) is 0 Å². The predicted molar refractivity (Wildman–Crippen MR) is 111 cm³/mol. The zero-order valence-electron chi connectivity index (χ0n) is 16.3. The Labute approximate surface area is 175 Å². The van der Waals surface area contributed by atoms with E-state index < -0.39 is 12.1 Å². The fourth-order valence-electron chi connectivity index (χ4n) is 2.88. The summed E-state index contributed by atoms with van der Waals surface area (Å²) >= 11 is 1.40. The lowest BCUT2D eigenvalue weighted by Gasteiger charge is -2.14. The number of carbonyl (C=O) groups is 1. The fraction of sp³-hybridized carbons (Fsp3) is 0.190. The zero-order chi connectivity index (χ0) is 21.1. The molecular formula is C21H18N4O4S. The van der Waals surface area contributed by atoms with Crippen LogP contribution >= 0.6 is 11.8 Å². The highest BCUT2D eigenvalue weighted by molar-refractivity contribution is 7.98. The maximum absolute atomic E-state index is 12.8. The van der Waals surface area contributed by atoms with E-state index in [4.69, 9.17) is 9.26 Å². The summed E-state index contributed by atoms with van der Waals surface area (Å²) in [4.78, 5) is 37.1. The van der Waals surface area contributed by atoms with Crippen molar-refractivity contribution in [3.05, 3.63) is 82.0 Å². The van der Waals surface area contributed by atoms with E-state index in [2.05, 4.69) is 20.1 Å². The normalized spacial score (nSPS) is 12.1. The van der Waals surface area contributed by atoms with Crippen LogP contribution in [0.2, 0.25) is 0 Å². The van der Waals surface area contributed by atoms with Crippen LogP contribution in [-0.2, 0) is 10.5 Å². The van der Waals surface area contributed by atoms with Crippen LogP contribution < -0.4 is 5.56 Å². The Kier molecular flexibility index (Phi) is 5.62. The van der Waals surface area contributed by atoms with Gasteiger partial charge < -0.3 is 14.2 Å². The number of esters is 1. The second-order valence-corrected chi connectivity index (χ2v) is 7.55. The molecule has 1 atom stereocenters. The van der Waals surface area contributed by atoms with Crippen molar-refractivity contribution < 1.29 is 14.1 Å². The van der Waals surface area contributed by atoms with Gasteiger partial charge in [-0.25, -0.2) is 9.78 Å². The lowest BCUT2D eigenvalue weighted by atomic mass is 10.2. The van der Waals surface area contributed by atoms with E-state index in [1.807, 2.05) is 12.1 Å². The van der Waals surface area contributed by atoms with Crippen molar-refractivity contribution in [3.63, 3.8) is 0 Å². The van der Waals surface area contributed by atoms with Crippen LogP contribution in [0.1, 0.15) is 40.9 Å². The number of benzene rings is 2. The maximum Gasteiger partial charge on any atom is 0.339 e. The van der Waals surface area contributed by atoms with Crippen LogP contribution in [0.25, 0.3) is 10.9 Å². The zero-order valence-corrected chi connectivity index (χ0v) is 17.1. The molecule has 0 radical (unpaired) electrons. The Morgan fingerprint density at radius 2 is 1.93 bits per heavy atom. The van der Waals surface area contributed by atoms with Gasteiger partial charge in [-0.3, -0.25) is 4.79 Å². The second kappa shape index (κ2) is 8.50. The fourth-order valence-corrected chi connectivity index (χ4v) is 3.75. The lowest BCUT2D eigenvalue weighted by Crippen LogP contribution is -2.17. The molecule has 2 heterocycles. The molecular weight excluding hydrogens is 404 g/mol. The first-order valence-electron chi connectivity index (χ1n) is 9.22. The van der Waals surface area contributed by atoms with Crippen molar-refractivity contribution in [1.29, 1.82) is 0 Å². The Hall–Kier alpha value is -3.46. The van der Waals surface area contributed by atoms with Crippen LogP contribution in [0.4, 0.5) is 0 Å². The van der Waals surface area contributed by atoms with Gasteiger partial charge in [0.15, 0.2) is 17.8 Å². The Morgan fingerprint density at radius 3 is 2.73 bits per heavy atom. The highest BCUT2D eigenvalue weighted by Crippen LogP contribution is 2.27. The number of para-hydroxylation sites is 1. The third-order valence-electron chi connectivity index (χ3n) is 4.33. The standard InChI is InChI=1S/C21H18N4O4S/c1-12(19-23-16-9-5-3-7-14(16)20(26)24-19)28-21(27)15-8-4-6-10-17(15)30-11-18-22-13(2)25-29-18/h3-10,12H,11H2,1-2H3,(H,23,24,26). The van der Waals surface area contributed by atoms with Crippen molar-refractivity contribution in [1.82, 2.24) is 20.1 Å². The molecule has 0 aliphatic rings. The number of aromatic nitrogens is 4. The first-order chi connectivity index (χ1) is 14.5. The van der Waals surface area contributed by atoms with E-state index in [1.54, 1.807) is 50.2 Å². The second-order valence-electron chi connectivity index (χ2n) is 6.54. The molecule has 30 heavy (non-hydrogen) atoms. The largest absolute Gasteiger partial charge is 0.451 e. The highest BCUT2D eigenvalue weighted by atomic mass is 32.2. The molecule has 0 bridgehead atoms. The SMILES string of the molecule is Cc1noc(CSc2ccccc2C(=O)OC(C)c2nc3ccccc3c(=O)[nH]2)n1. The van der Waals surface area contributed by atoms with Gasteiger partial charge in [-0.15, -0.1) is 11.8 Å². The van der Waals surface area contributed by atoms with E-state index in [0.29, 0.717) is 39.8 Å². The number of fused-ring (bicyclic) bond motifs is 1. The van der Waals surface area contributed by atoms with Gasteiger partial charge in [-0.2, -0.15) is 4.98 Å². The van der Waals surface area contributed by atoms with Crippen molar-refractivity contribution in [2.75, 3.05) is 0 Å². The summed E-state index contributed by atoms with van der Waals surface area (Å²) in [5, 5.41) is 4.25. The van der Waals surface area contributed by atoms with Gasteiger partial charge in [-0.1, -0.05) is 29.4 Å². The molecule has 152 valence electrons. The molecule has 0 saturated heterocycles. The average Bonchev–Trinajstić information content (AvgIpc) is 3.17. The Balaban J connectivity index is 1.52. The summed E-state index contributed by atoms with van der Waals surface area (Å²) in [6.45, 7) is 3.41. The number of aryl methyl sites for hydroxylation is 1. The minimum Gasteiger partial charge on any atom is -0.451 e. The van der Waals surface area contributed by atoms with E-state index in [0.717, 1.165) is 4.90 Å². The number of carbonyl (C=O) groups excluding carboxylic acids is 1. The van der Waals surface area contributed by atoms with E-state index >= 15 is 0 Å². The van der Waals surface area contributed by atoms with Crippen molar-refractivity contribution >= 4 is 28.6 Å². The molecule has 0 saturated carbocycles. The predicted octanol–water partition coefficient (Wildman–Crippen LogP) is 3.82. The maximum atomic E-state index is 12.8. The van der Waals surface area contributed by atoms with Crippen LogP contribution in [0.3, 0.4) is 0 Å². The molecule has 0 spiro atoms. The van der Waals surface area contributed by atoms with E-state index in [-0.39, 0.29) is 5.56 Å². The molecule has 1 N–H and O–H groups in total. The van der Waals surface area contributed by atoms with Crippen LogP contribution in [0.15, 0.2) is 62.7 Å². The molecule has 2 aromatic carbocycles. The smallest absolute Gasteiger partial charge is 0.339 e. The molecule has 8 nitrogen and oxygen atoms in total. The van der Waals surface area contributed by atoms with E-state index in [9.17, 15) is 9.59 Å². The van der Waals surface area contributed by atoms with Crippen LogP contribution in [0.5, 0.6) is 0 Å². The molecule has 0 aliphatic heterocycles. The van der Waals surface area contributed by atoms with Gasteiger partial charge in [0.25, 0.3) is 5.56 Å². The highest BCUT2D eigenvalue weighted by Gasteiger charge is 2.19. The third-order valence-corrected chi connectivity index (χ3v) is 5.39. The molecule has 4 rings (SSSR count). The van der Waals surface area contributed by atoms with Crippen molar-refractivity contribution in [2.45, 2.75) is 30.6 Å². The molecule has 0 aliphatic carbocycles. The van der Waals surface area contributed by atoms with Gasteiger partial charge in [0.05, 0.1) is 22.2 Å². The number of aromatic amines is 1. The first-order valence-corrected chi connectivity index (χ1v) is 10.2. The third kappa shape index (κ3) is 4.25. The molecule has 4 aromatic rings. The van der Waals surface area contributed by atoms with Crippen LogP contribution in [-0.4, -0.2) is 26.1 Å². The van der Waals surface area contributed by atoms with Gasteiger partial charge in [-0.05, 0) is 38.1 Å². The number of rotatable bonds is 6. The average molecular weight is 422 g/mol. The Morgan fingerprint density at radius 1 is 1.17 bits per heavy atom. The first kappa shape index (κ1) is 19.8. The number of H-pyrrole nitrogens is 1. The van der Waals surface area contributed by atoms with Gasteiger partial charge in [0, 0.05) is 4.90 Å². The Bertz CT molecular complexity index is 1270. The van der Waals surface area contributed by atoms with E-state index in [1.165, 1.54) is 11.8 Å². The summed E-state index contributed by atoms with van der Waals surface area (Å²) in [6.07, 6.45) is -0.730. The summed E-state index contributed by atoms with van der Waals surface area (Å²) in [5.74, 6) is 1.25. The number of hydrogen-bond acceptors (Lipinski definition) is 8. The molecule has 2 aromatic heterocycles. The molecule has 0 amide bonds. The quantitative estimate of drug-likeness (QED) is 0.369. The number of nitrogens with one attached hydrogen (secondary N) is 1. The minimum absolute atomic E-state index is 0.274.